The van der Waals surface area contributed by atoms with Crippen molar-refractivity contribution in [2.45, 2.75) is 25.2 Å². The Balaban J connectivity index is 1.27. The molecule has 1 heteroatoms. The number of benzene rings is 6. The highest BCUT2D eigenvalue weighted by Gasteiger charge is 2.35. The van der Waals surface area contributed by atoms with Crippen LogP contribution < -0.4 is 0 Å². The molecule has 0 saturated carbocycles. The van der Waals surface area contributed by atoms with E-state index < -0.39 is 0 Å². The smallest absolute Gasteiger partial charge is 0.0541 e. The maximum absolute atomic E-state index is 2.46. The molecule has 0 saturated heterocycles. The molecule has 41 heavy (non-hydrogen) atoms. The van der Waals surface area contributed by atoms with Crippen LogP contribution in [0.1, 0.15) is 47.6 Å². The first kappa shape index (κ1) is 22.9. The second-order valence-electron chi connectivity index (χ2n) is 12.1. The second-order valence-corrected chi connectivity index (χ2v) is 12.1. The van der Waals surface area contributed by atoms with Crippen LogP contribution in [-0.4, -0.2) is 4.57 Å². The first-order chi connectivity index (χ1) is 20.1. The fourth-order valence-corrected chi connectivity index (χ4v) is 7.81. The summed E-state index contributed by atoms with van der Waals surface area (Å²) in [6.07, 6.45) is 0. The fourth-order valence-electron chi connectivity index (χ4n) is 7.81. The molecular formula is C40H29N. The molecule has 9 rings (SSSR count). The minimum absolute atomic E-state index is 0.00798. The molecular weight excluding hydrogens is 494 g/mol. The monoisotopic (exact) mass is 523 g/mol. The van der Waals surface area contributed by atoms with E-state index in [0.717, 1.165) is 0 Å². The Labute approximate surface area is 240 Å². The van der Waals surface area contributed by atoms with Gasteiger partial charge in [0.15, 0.2) is 0 Å². The van der Waals surface area contributed by atoms with Crippen molar-refractivity contribution in [3.05, 3.63) is 161 Å². The summed E-state index contributed by atoms with van der Waals surface area (Å²) in [6.45, 7) is 4.69. The number of para-hydroxylation sites is 1. The predicted molar refractivity (Wildman–Crippen MR) is 171 cm³/mol. The molecule has 0 spiro atoms. The van der Waals surface area contributed by atoms with Gasteiger partial charge in [0.05, 0.1) is 11.0 Å². The van der Waals surface area contributed by atoms with E-state index in [9.17, 15) is 0 Å². The van der Waals surface area contributed by atoms with Crippen LogP contribution in [0.15, 0.2) is 133 Å². The second kappa shape index (κ2) is 8.08. The molecule has 0 bridgehead atoms. The Bertz CT molecular complexity index is 2150. The molecule has 0 radical (unpaired) electrons. The number of hydrogen-bond acceptors (Lipinski definition) is 0. The zero-order valence-corrected chi connectivity index (χ0v) is 23.2. The topological polar surface area (TPSA) is 4.93 Å². The highest BCUT2D eigenvalue weighted by Crippen LogP contribution is 2.50. The van der Waals surface area contributed by atoms with Crippen LogP contribution in [0.3, 0.4) is 0 Å². The third-order valence-corrected chi connectivity index (χ3v) is 9.69. The Morgan fingerprint density at radius 2 is 1.10 bits per heavy atom. The van der Waals surface area contributed by atoms with Gasteiger partial charge in [-0.05, 0) is 80.4 Å². The maximum Gasteiger partial charge on any atom is 0.0541 e. The van der Waals surface area contributed by atoms with Gasteiger partial charge in [-0.15, -0.1) is 0 Å². The lowest BCUT2D eigenvalue weighted by atomic mass is 9.82. The van der Waals surface area contributed by atoms with E-state index in [1.54, 1.807) is 0 Å². The summed E-state index contributed by atoms with van der Waals surface area (Å²) >= 11 is 0. The predicted octanol–water partition coefficient (Wildman–Crippen LogP) is 10.3. The summed E-state index contributed by atoms with van der Waals surface area (Å²) in [5, 5.41) is 2.60. The minimum atomic E-state index is 0.00798. The highest BCUT2D eigenvalue weighted by atomic mass is 15.0. The summed E-state index contributed by atoms with van der Waals surface area (Å²) in [6, 6.07) is 49.8. The van der Waals surface area contributed by atoms with Crippen molar-refractivity contribution < 1.29 is 0 Å². The number of rotatable bonds is 2. The lowest BCUT2D eigenvalue weighted by molar-refractivity contribution is 0.660. The Kier molecular flexibility index (Phi) is 4.51. The van der Waals surface area contributed by atoms with Gasteiger partial charge in [-0.2, -0.15) is 0 Å². The molecule has 0 atom stereocenters. The molecule has 2 aliphatic carbocycles. The van der Waals surface area contributed by atoms with E-state index in [0.29, 0.717) is 0 Å². The van der Waals surface area contributed by atoms with E-state index in [1.165, 1.54) is 77.6 Å². The number of hydrogen-bond donors (Lipinski definition) is 0. The van der Waals surface area contributed by atoms with Crippen LogP contribution >= 0.6 is 0 Å². The van der Waals surface area contributed by atoms with Gasteiger partial charge in [0.1, 0.15) is 0 Å². The lowest BCUT2D eigenvalue weighted by Crippen LogP contribution is -2.14. The molecule has 7 aromatic rings. The third kappa shape index (κ3) is 3.01. The molecule has 1 heterocycles. The summed E-state index contributed by atoms with van der Waals surface area (Å²) in [4.78, 5) is 0. The Hall–Kier alpha value is -4.88. The summed E-state index contributed by atoms with van der Waals surface area (Å²) in [7, 11) is 0. The van der Waals surface area contributed by atoms with Gasteiger partial charge in [-0.3, -0.25) is 0 Å². The molecule has 0 amide bonds. The van der Waals surface area contributed by atoms with E-state index in [2.05, 4.69) is 152 Å². The van der Waals surface area contributed by atoms with Crippen molar-refractivity contribution in [2.24, 2.45) is 0 Å². The standard InChI is InChI=1S/C40H29N/c1-40(2)35-17-9-7-13-29(35)33-24-26(20-21-36(33)40)41-37-18-10-8-14-30(37)34-23-25(19-22-38(34)41)39-31-15-5-3-11-27(31)28-12-4-6-16-32(28)39/h3-24,39H,1-2H3. The number of nitrogens with zero attached hydrogens (tertiary/aromatic N) is 1. The summed E-state index contributed by atoms with van der Waals surface area (Å²) < 4.78 is 2.46. The van der Waals surface area contributed by atoms with Crippen LogP contribution in [-0.2, 0) is 5.41 Å². The van der Waals surface area contributed by atoms with Crippen molar-refractivity contribution in [2.75, 3.05) is 0 Å². The quantitative estimate of drug-likeness (QED) is 0.212. The van der Waals surface area contributed by atoms with Gasteiger partial charge >= 0.3 is 0 Å². The van der Waals surface area contributed by atoms with E-state index in [4.69, 9.17) is 0 Å². The fraction of sp³-hybridized carbons (Fsp3) is 0.100. The number of aromatic nitrogens is 1. The summed E-state index contributed by atoms with van der Waals surface area (Å²) in [5.41, 5.74) is 16.1. The average molecular weight is 524 g/mol. The zero-order valence-electron chi connectivity index (χ0n) is 23.2. The van der Waals surface area contributed by atoms with Crippen molar-refractivity contribution in [3.8, 4) is 27.9 Å². The van der Waals surface area contributed by atoms with E-state index >= 15 is 0 Å². The summed E-state index contributed by atoms with van der Waals surface area (Å²) in [5.74, 6) is 0.243. The number of fused-ring (bicyclic) bond motifs is 9. The molecule has 1 nitrogen and oxygen atoms in total. The molecule has 1 aromatic heterocycles. The van der Waals surface area contributed by atoms with E-state index in [-0.39, 0.29) is 11.3 Å². The van der Waals surface area contributed by atoms with Gasteiger partial charge in [0, 0.05) is 27.8 Å². The van der Waals surface area contributed by atoms with Crippen molar-refractivity contribution in [1.82, 2.24) is 4.57 Å². The first-order valence-electron chi connectivity index (χ1n) is 14.6. The van der Waals surface area contributed by atoms with Crippen LogP contribution in [0, 0.1) is 0 Å². The Morgan fingerprint density at radius 1 is 0.488 bits per heavy atom. The molecule has 0 N–H and O–H groups in total. The van der Waals surface area contributed by atoms with Crippen LogP contribution in [0.5, 0.6) is 0 Å². The Morgan fingerprint density at radius 3 is 1.88 bits per heavy atom. The average Bonchev–Trinajstić information content (AvgIpc) is 3.61. The van der Waals surface area contributed by atoms with Gasteiger partial charge in [-0.25, -0.2) is 0 Å². The molecule has 0 fully saturated rings. The third-order valence-electron chi connectivity index (χ3n) is 9.69. The van der Waals surface area contributed by atoms with Gasteiger partial charge in [0.2, 0.25) is 0 Å². The van der Waals surface area contributed by atoms with Crippen LogP contribution in [0.4, 0.5) is 0 Å². The molecule has 2 aliphatic rings. The minimum Gasteiger partial charge on any atom is -0.309 e. The first-order valence-corrected chi connectivity index (χ1v) is 14.6. The van der Waals surface area contributed by atoms with Crippen molar-refractivity contribution >= 4 is 21.8 Å². The van der Waals surface area contributed by atoms with Gasteiger partial charge in [-0.1, -0.05) is 117 Å². The van der Waals surface area contributed by atoms with E-state index in [1.807, 2.05) is 0 Å². The molecule has 6 aromatic carbocycles. The van der Waals surface area contributed by atoms with Crippen LogP contribution in [0.2, 0.25) is 0 Å². The van der Waals surface area contributed by atoms with Crippen LogP contribution in [0.25, 0.3) is 49.7 Å². The largest absolute Gasteiger partial charge is 0.309 e. The zero-order chi connectivity index (χ0) is 27.3. The van der Waals surface area contributed by atoms with Gasteiger partial charge < -0.3 is 4.57 Å². The van der Waals surface area contributed by atoms with Crippen molar-refractivity contribution in [3.63, 3.8) is 0 Å². The normalized spacial score (nSPS) is 14.7. The molecule has 194 valence electrons. The van der Waals surface area contributed by atoms with Crippen molar-refractivity contribution in [1.29, 1.82) is 0 Å². The maximum atomic E-state index is 2.46. The lowest BCUT2D eigenvalue weighted by Gasteiger charge is -2.21. The molecule has 0 aliphatic heterocycles. The van der Waals surface area contributed by atoms with Gasteiger partial charge in [0.25, 0.3) is 0 Å². The molecule has 0 unspecified atom stereocenters. The highest BCUT2D eigenvalue weighted by molar-refractivity contribution is 6.09. The SMILES string of the molecule is CC1(C)c2ccccc2-c2cc(-n3c4ccccc4c4cc(C5c6ccccc6-c6ccccc65)ccc43)ccc21.